The van der Waals surface area contributed by atoms with Crippen LogP contribution in [0, 0.1) is 5.92 Å². The van der Waals surface area contributed by atoms with E-state index in [-0.39, 0.29) is 12.6 Å². The van der Waals surface area contributed by atoms with Crippen molar-refractivity contribution in [3.05, 3.63) is 30.1 Å². The summed E-state index contributed by atoms with van der Waals surface area (Å²) >= 11 is 0. The quantitative estimate of drug-likeness (QED) is 0.735. The van der Waals surface area contributed by atoms with E-state index >= 15 is 0 Å². The molecule has 0 spiro atoms. The van der Waals surface area contributed by atoms with E-state index in [1.54, 1.807) is 12.4 Å². The molecule has 0 aliphatic rings. The molecule has 3 heteroatoms. The zero-order valence-electron chi connectivity index (χ0n) is 8.59. The SMILES string of the molecule is CC(C)[C@H](CO)/N=C/c1ccccn1. The van der Waals surface area contributed by atoms with Crippen LogP contribution in [0.15, 0.2) is 29.4 Å². The van der Waals surface area contributed by atoms with Crippen molar-refractivity contribution in [1.82, 2.24) is 4.98 Å². The first-order valence-corrected chi connectivity index (χ1v) is 4.79. The first-order valence-electron chi connectivity index (χ1n) is 4.79. The van der Waals surface area contributed by atoms with Crippen LogP contribution in [0.25, 0.3) is 0 Å². The maximum Gasteiger partial charge on any atom is 0.0807 e. The molecule has 0 amide bonds. The Hall–Kier alpha value is -1.22. The highest BCUT2D eigenvalue weighted by molar-refractivity contribution is 5.76. The van der Waals surface area contributed by atoms with E-state index in [9.17, 15) is 0 Å². The molecule has 3 nitrogen and oxygen atoms in total. The highest BCUT2D eigenvalue weighted by Gasteiger charge is 2.08. The maximum absolute atomic E-state index is 9.04. The molecule has 0 unspecified atom stereocenters. The van der Waals surface area contributed by atoms with E-state index < -0.39 is 0 Å². The maximum atomic E-state index is 9.04. The van der Waals surface area contributed by atoms with Gasteiger partial charge in [0.15, 0.2) is 0 Å². The number of aliphatic hydroxyl groups is 1. The summed E-state index contributed by atoms with van der Waals surface area (Å²) in [5.41, 5.74) is 0.826. The molecule has 0 radical (unpaired) electrons. The molecule has 0 aliphatic carbocycles. The molecule has 1 rings (SSSR count). The van der Waals surface area contributed by atoms with Crippen molar-refractivity contribution >= 4 is 6.21 Å². The zero-order valence-corrected chi connectivity index (χ0v) is 8.59. The van der Waals surface area contributed by atoms with Crippen LogP contribution >= 0.6 is 0 Å². The van der Waals surface area contributed by atoms with Gasteiger partial charge in [0.05, 0.1) is 18.3 Å². The monoisotopic (exact) mass is 192 g/mol. The van der Waals surface area contributed by atoms with E-state index in [4.69, 9.17) is 5.11 Å². The molecular formula is C11H16N2O. The average Bonchev–Trinajstić information content (AvgIpc) is 2.20. The Labute approximate surface area is 84.5 Å². The predicted octanol–water partition coefficient (Wildman–Crippen LogP) is 1.52. The molecule has 14 heavy (non-hydrogen) atoms. The minimum absolute atomic E-state index is 0.0305. The van der Waals surface area contributed by atoms with Crippen molar-refractivity contribution in [2.45, 2.75) is 19.9 Å². The third-order valence-electron chi connectivity index (χ3n) is 2.04. The highest BCUT2D eigenvalue weighted by atomic mass is 16.3. The van der Waals surface area contributed by atoms with E-state index in [0.717, 1.165) is 5.69 Å². The van der Waals surface area contributed by atoms with Crippen LogP contribution in [0.3, 0.4) is 0 Å². The van der Waals surface area contributed by atoms with Crippen LogP contribution in [0.2, 0.25) is 0 Å². The molecule has 0 aromatic carbocycles. The molecule has 0 saturated carbocycles. The lowest BCUT2D eigenvalue weighted by Crippen LogP contribution is -2.17. The molecular weight excluding hydrogens is 176 g/mol. The largest absolute Gasteiger partial charge is 0.394 e. The standard InChI is InChI=1S/C11H16N2O/c1-9(2)11(8-14)13-7-10-5-3-4-6-12-10/h3-7,9,11,14H,8H2,1-2H3/b13-7+/t11-/m0/s1. The minimum Gasteiger partial charge on any atom is -0.394 e. The average molecular weight is 192 g/mol. The Morgan fingerprint density at radius 3 is 2.79 bits per heavy atom. The van der Waals surface area contributed by atoms with Crippen molar-refractivity contribution < 1.29 is 5.11 Å². The number of aliphatic imine (C=N–C) groups is 1. The van der Waals surface area contributed by atoms with E-state index in [1.165, 1.54) is 0 Å². The first-order chi connectivity index (χ1) is 6.74. The summed E-state index contributed by atoms with van der Waals surface area (Å²) in [6.45, 7) is 4.16. The number of aliphatic hydroxyl groups excluding tert-OH is 1. The van der Waals surface area contributed by atoms with Gasteiger partial charge in [-0.2, -0.15) is 0 Å². The van der Waals surface area contributed by atoms with Gasteiger partial charge in [-0.3, -0.25) is 9.98 Å². The summed E-state index contributed by atoms with van der Waals surface area (Å²) in [4.78, 5) is 8.39. The number of rotatable bonds is 4. The molecule has 1 aromatic heterocycles. The van der Waals surface area contributed by atoms with Gasteiger partial charge in [-0.15, -0.1) is 0 Å². The summed E-state index contributed by atoms with van der Waals surface area (Å²) in [6, 6.07) is 5.64. The fourth-order valence-corrected chi connectivity index (χ4v) is 1.05. The molecule has 0 fully saturated rings. The van der Waals surface area contributed by atoms with Crippen molar-refractivity contribution in [3.8, 4) is 0 Å². The van der Waals surface area contributed by atoms with Gasteiger partial charge >= 0.3 is 0 Å². The fourth-order valence-electron chi connectivity index (χ4n) is 1.05. The number of hydrogen-bond donors (Lipinski definition) is 1. The smallest absolute Gasteiger partial charge is 0.0807 e. The Morgan fingerprint density at radius 1 is 1.50 bits per heavy atom. The van der Waals surface area contributed by atoms with Crippen LogP contribution in [0.5, 0.6) is 0 Å². The second-order valence-corrected chi connectivity index (χ2v) is 3.53. The molecule has 76 valence electrons. The Kier molecular flexibility index (Phi) is 4.26. The molecule has 1 heterocycles. The van der Waals surface area contributed by atoms with Gasteiger partial charge in [-0.1, -0.05) is 19.9 Å². The van der Waals surface area contributed by atoms with E-state index in [1.807, 2.05) is 32.0 Å². The second-order valence-electron chi connectivity index (χ2n) is 3.53. The van der Waals surface area contributed by atoms with E-state index in [2.05, 4.69) is 9.98 Å². The summed E-state index contributed by atoms with van der Waals surface area (Å²) in [5.74, 6) is 0.347. The van der Waals surface area contributed by atoms with Crippen LogP contribution < -0.4 is 0 Å². The van der Waals surface area contributed by atoms with Crippen LogP contribution in [0.1, 0.15) is 19.5 Å². The van der Waals surface area contributed by atoms with Gasteiger partial charge in [-0.05, 0) is 18.1 Å². The van der Waals surface area contributed by atoms with E-state index in [0.29, 0.717) is 5.92 Å². The number of nitrogens with zero attached hydrogens (tertiary/aromatic N) is 2. The fraction of sp³-hybridized carbons (Fsp3) is 0.455. The third kappa shape index (κ3) is 3.26. The summed E-state index contributed by atoms with van der Waals surface area (Å²) in [5, 5.41) is 9.04. The molecule has 0 bridgehead atoms. The lowest BCUT2D eigenvalue weighted by Gasteiger charge is -2.12. The molecule has 0 aliphatic heterocycles. The zero-order chi connectivity index (χ0) is 10.4. The van der Waals surface area contributed by atoms with Gasteiger partial charge in [0, 0.05) is 12.4 Å². The molecule has 1 aromatic rings. The topological polar surface area (TPSA) is 45.5 Å². The van der Waals surface area contributed by atoms with Crippen molar-refractivity contribution in [3.63, 3.8) is 0 Å². The van der Waals surface area contributed by atoms with Gasteiger partial charge < -0.3 is 5.11 Å². The number of aromatic nitrogens is 1. The molecule has 0 saturated heterocycles. The summed E-state index contributed by atoms with van der Waals surface area (Å²) < 4.78 is 0. The summed E-state index contributed by atoms with van der Waals surface area (Å²) in [7, 11) is 0. The second kappa shape index (κ2) is 5.50. The van der Waals surface area contributed by atoms with Crippen LogP contribution in [-0.4, -0.2) is 29.0 Å². The highest BCUT2D eigenvalue weighted by Crippen LogP contribution is 2.05. The number of pyridine rings is 1. The third-order valence-corrected chi connectivity index (χ3v) is 2.04. The van der Waals surface area contributed by atoms with Crippen molar-refractivity contribution in [2.24, 2.45) is 10.9 Å². The lowest BCUT2D eigenvalue weighted by molar-refractivity contribution is 0.240. The predicted molar refractivity (Wildman–Crippen MR) is 57.5 cm³/mol. The van der Waals surface area contributed by atoms with Crippen molar-refractivity contribution in [1.29, 1.82) is 0 Å². The summed E-state index contributed by atoms with van der Waals surface area (Å²) in [6.07, 6.45) is 3.44. The molecule has 1 atom stereocenters. The Balaban J connectivity index is 2.63. The van der Waals surface area contributed by atoms with Crippen LogP contribution in [0.4, 0.5) is 0 Å². The Bertz CT molecular complexity index is 283. The first kappa shape index (κ1) is 10.9. The van der Waals surface area contributed by atoms with Gasteiger partial charge in [0.25, 0.3) is 0 Å². The Morgan fingerprint density at radius 2 is 2.29 bits per heavy atom. The minimum atomic E-state index is -0.0305. The van der Waals surface area contributed by atoms with Crippen LogP contribution in [-0.2, 0) is 0 Å². The molecule has 1 N–H and O–H groups in total. The van der Waals surface area contributed by atoms with Gasteiger partial charge in [0.2, 0.25) is 0 Å². The normalized spacial score (nSPS) is 13.7. The lowest BCUT2D eigenvalue weighted by atomic mass is 10.1. The number of hydrogen-bond acceptors (Lipinski definition) is 3. The van der Waals surface area contributed by atoms with Gasteiger partial charge in [-0.25, -0.2) is 0 Å². The van der Waals surface area contributed by atoms with Crippen molar-refractivity contribution in [2.75, 3.05) is 6.61 Å². The van der Waals surface area contributed by atoms with Gasteiger partial charge in [0.1, 0.15) is 0 Å².